The van der Waals surface area contributed by atoms with Crippen LogP contribution in [-0.4, -0.2) is 243 Å². The van der Waals surface area contributed by atoms with Gasteiger partial charge in [-0.05, 0) is 107 Å². The van der Waals surface area contributed by atoms with E-state index in [-0.39, 0.29) is 89.3 Å². The number of aliphatic carboxylic acids is 3. The summed E-state index contributed by atoms with van der Waals surface area (Å²) in [6, 6.07) is 25.7. The van der Waals surface area contributed by atoms with Crippen LogP contribution in [0.15, 0.2) is 146 Å². The third-order valence-corrected chi connectivity index (χ3v) is 20.6. The number of guanidine groups is 1. The summed E-state index contributed by atoms with van der Waals surface area (Å²) in [5.74, 6) is -14.8. The molecule has 2 fully saturated rings. The number of halogens is 1. The fraction of sp³-hybridized carbons (Fsp3) is 0.424. The van der Waals surface area contributed by atoms with E-state index in [1.807, 2.05) is 36.4 Å². The number of carboxylic acid groups (broad SMARTS) is 3. The first-order valence-electron chi connectivity index (χ1n) is 39.9. The fourth-order valence-corrected chi connectivity index (χ4v) is 14.3. The van der Waals surface area contributed by atoms with Gasteiger partial charge in [-0.2, -0.15) is 0 Å². The lowest BCUT2D eigenvalue weighted by Gasteiger charge is -2.31. The highest BCUT2D eigenvalue weighted by atomic mass is 35.5. The second kappa shape index (κ2) is 46.8. The summed E-state index contributed by atoms with van der Waals surface area (Å²) in [6.45, 7) is 5.48. The van der Waals surface area contributed by atoms with Gasteiger partial charge in [0.2, 0.25) is 65.0 Å². The van der Waals surface area contributed by atoms with Crippen LogP contribution in [0.3, 0.4) is 0 Å². The molecule has 6 aromatic carbocycles. The summed E-state index contributed by atoms with van der Waals surface area (Å²) >= 11 is 6.28. The Morgan fingerprint density at radius 2 is 0.967 bits per heavy atom. The summed E-state index contributed by atoms with van der Waals surface area (Å²) in [5, 5.41) is 76.3. The van der Waals surface area contributed by atoms with Crippen LogP contribution >= 0.6 is 11.6 Å². The van der Waals surface area contributed by atoms with Crippen LogP contribution in [0.25, 0.3) is 10.8 Å². The average molecular weight is 1690 g/mol. The SMILES string of the molecule is CC(C)C[C@H](NC(=O)[C@@H](Cc1ccc(CN(CC(=O)O)CC(=O)O)cc1)NC(=O)[C@H](Cc1ccc(CN2CCOCC2)cc1)NC(=O)[C@H](CO)NC(=O)[C@@H](Cc1ccccc1)NC(=O)[C@@H](Cc1ccc(Cl)cc1)NC(=O)[C@@H](Cc1cccc2ccccc12)NC(=O)CC(=O)O)C(=O)N[C@@H](CCCNC(=N)N)C(=O)N1CCC[C@H]1C(=O)N[C@H](C)C(N)=O. The number of likely N-dealkylation sites (tertiary alicyclic amines) is 1. The Balaban J connectivity index is 1.12. The number of carbonyl (C=O) groups excluding carboxylic acids is 11. The van der Waals surface area contributed by atoms with Crippen molar-refractivity contribution in [3.05, 3.63) is 190 Å². The number of morpholine rings is 1. The van der Waals surface area contributed by atoms with E-state index in [1.54, 1.807) is 123 Å². The first kappa shape index (κ1) is 94.0. The molecule has 11 amide bonds. The van der Waals surface area contributed by atoms with Crippen LogP contribution in [0.4, 0.5) is 0 Å². The maximum Gasteiger partial charge on any atom is 0.317 e. The zero-order valence-electron chi connectivity index (χ0n) is 67.6. The molecule has 19 N–H and O–H groups in total. The number of rotatable bonds is 46. The van der Waals surface area contributed by atoms with Gasteiger partial charge in [0.1, 0.15) is 66.8 Å². The number of aliphatic hydroxyl groups is 1. The number of ether oxygens (including phenoxy) is 1. The lowest BCUT2D eigenvalue weighted by Crippen LogP contribution is -2.62. The first-order chi connectivity index (χ1) is 57.8. The molecule has 0 spiro atoms. The minimum absolute atomic E-state index is 0.0698. The molecule has 0 aromatic heterocycles. The van der Waals surface area contributed by atoms with Crippen molar-refractivity contribution in [2.24, 2.45) is 17.4 Å². The first-order valence-corrected chi connectivity index (χ1v) is 40.2. The van der Waals surface area contributed by atoms with Crippen LogP contribution in [0.1, 0.15) is 98.2 Å². The molecule has 2 aliphatic heterocycles. The fourth-order valence-electron chi connectivity index (χ4n) is 14.2. The normalized spacial score (nSPS) is 15.6. The molecule has 0 radical (unpaired) electrons. The van der Waals surface area contributed by atoms with Gasteiger partial charge >= 0.3 is 17.9 Å². The molecule has 35 nitrogen and oxygen atoms in total. The standard InChI is InChI=1S/C85H107ClN16O19/c1-50(2)38-63(76(112)93-62(18-10-32-90-85(88)89)84(120)102-33-11-19-70(102)83(119)91-51(3)75(87)111)94-77(113)65(40-54-22-26-57(27-23-54)46-101(47-73(107)108)48-74(109)110)96-79(115)67(41-53-20-24-56(25-21-53)45-100-34-36-121-37-35-100)98-82(118)69(49-103)99-80(116)64(39-52-12-5-4-6-13-52)95-78(114)66(42-55-28-30-60(86)31-29-55)97-81(117)68(92-71(104)44-72(105)106)43-59-16-9-15-58-14-7-8-17-61(58)59/h4-9,12-17,20-31,50-51,62-70,103H,10-11,18-19,32-49H2,1-3H3,(H2,87,111)(H,91,119)(H,92,104)(H,93,112)(H,94,113)(H,95,114)(H,96,115)(H,97,117)(H,98,118)(H,99,116)(H,105,106)(H,107,108)(H,109,110)(H4,88,89,90)/t51-,62+,63+,64-,65-,66-,67+,68-,69+,70+/m1/s1. The average Bonchev–Trinajstić information content (AvgIpc) is 1.32. The molecule has 2 aliphatic rings. The van der Waals surface area contributed by atoms with Crippen LogP contribution < -0.4 is 64.6 Å². The molecule has 648 valence electrons. The van der Waals surface area contributed by atoms with Crippen molar-refractivity contribution in [3.8, 4) is 0 Å². The summed E-state index contributed by atoms with van der Waals surface area (Å²) in [7, 11) is 0. The van der Waals surface area contributed by atoms with Crippen LogP contribution in [0.2, 0.25) is 5.02 Å². The minimum atomic E-state index is -1.90. The highest BCUT2D eigenvalue weighted by molar-refractivity contribution is 6.30. The third-order valence-electron chi connectivity index (χ3n) is 20.4. The van der Waals surface area contributed by atoms with Crippen molar-refractivity contribution in [1.82, 2.24) is 67.9 Å². The number of nitrogens with one attached hydrogen (secondary N) is 11. The van der Waals surface area contributed by atoms with Gasteiger partial charge in [-0.25, -0.2) is 0 Å². The predicted octanol–water partition coefficient (Wildman–Crippen LogP) is 0.446. The van der Waals surface area contributed by atoms with Crippen LogP contribution in [0.5, 0.6) is 0 Å². The number of primary amides is 1. The van der Waals surface area contributed by atoms with E-state index >= 15 is 24.0 Å². The Morgan fingerprint density at radius 1 is 0.512 bits per heavy atom. The topological polar surface area (TPSA) is 535 Å². The van der Waals surface area contributed by atoms with E-state index < -0.39 is 169 Å². The number of fused-ring (bicyclic) bond motifs is 1. The Bertz CT molecular complexity index is 4600. The van der Waals surface area contributed by atoms with Gasteiger partial charge in [-0.3, -0.25) is 82.3 Å². The molecule has 121 heavy (non-hydrogen) atoms. The molecule has 0 unspecified atom stereocenters. The minimum Gasteiger partial charge on any atom is -0.481 e. The van der Waals surface area contributed by atoms with Crippen LogP contribution in [-0.2, 0) is 117 Å². The summed E-state index contributed by atoms with van der Waals surface area (Å²) in [5.41, 5.74) is 14.7. The number of benzene rings is 6. The quantitative estimate of drug-likeness (QED) is 0.0107. The Morgan fingerprint density at radius 3 is 1.48 bits per heavy atom. The molecular weight excluding hydrogens is 1580 g/mol. The largest absolute Gasteiger partial charge is 0.481 e. The number of amides is 11. The molecule has 0 bridgehead atoms. The van der Waals surface area contributed by atoms with Gasteiger partial charge in [0.25, 0.3) is 0 Å². The number of carbonyl (C=O) groups is 14. The molecule has 0 saturated carbocycles. The van der Waals surface area contributed by atoms with Gasteiger partial charge in [0.15, 0.2) is 5.96 Å². The number of carboxylic acids is 3. The van der Waals surface area contributed by atoms with E-state index in [9.17, 15) is 63.6 Å². The molecule has 2 heterocycles. The van der Waals surface area contributed by atoms with Crippen molar-refractivity contribution in [1.29, 1.82) is 5.41 Å². The molecule has 6 aromatic rings. The Labute approximate surface area is 704 Å². The molecule has 10 atom stereocenters. The van der Waals surface area contributed by atoms with Crippen molar-refractivity contribution >= 4 is 111 Å². The third kappa shape index (κ3) is 30.7. The lowest BCUT2D eigenvalue weighted by molar-refractivity contribution is -0.143. The number of aliphatic hydroxyl groups excluding tert-OH is 1. The van der Waals surface area contributed by atoms with Gasteiger partial charge < -0.3 is 94.7 Å². The van der Waals surface area contributed by atoms with Crippen molar-refractivity contribution in [2.45, 2.75) is 165 Å². The summed E-state index contributed by atoms with van der Waals surface area (Å²) < 4.78 is 5.55. The van der Waals surface area contributed by atoms with E-state index in [0.29, 0.717) is 77.7 Å². The van der Waals surface area contributed by atoms with Crippen molar-refractivity contribution < 1.29 is 92.3 Å². The molecule has 2 saturated heterocycles. The van der Waals surface area contributed by atoms with E-state index in [2.05, 4.69) is 58.1 Å². The van der Waals surface area contributed by atoms with E-state index in [1.165, 1.54) is 16.7 Å². The van der Waals surface area contributed by atoms with E-state index in [4.69, 9.17) is 33.2 Å². The maximum absolute atomic E-state index is 15.6. The highest BCUT2D eigenvalue weighted by Crippen LogP contribution is 2.24. The zero-order chi connectivity index (χ0) is 87.8. The Kier molecular flexibility index (Phi) is 36.4. The summed E-state index contributed by atoms with van der Waals surface area (Å²) in [4.78, 5) is 200. The number of hydrogen-bond acceptors (Lipinski definition) is 19. The highest BCUT2D eigenvalue weighted by Gasteiger charge is 2.41. The predicted molar refractivity (Wildman–Crippen MR) is 445 cm³/mol. The maximum atomic E-state index is 15.6. The van der Waals surface area contributed by atoms with Crippen LogP contribution in [0, 0.1) is 11.3 Å². The number of nitrogens with zero attached hydrogens (tertiary/aromatic N) is 3. The monoisotopic (exact) mass is 1690 g/mol. The second-order valence-electron chi connectivity index (χ2n) is 30.5. The summed E-state index contributed by atoms with van der Waals surface area (Å²) in [6.07, 6.45) is -1.76. The van der Waals surface area contributed by atoms with Gasteiger partial charge in [0.05, 0.1) is 32.9 Å². The van der Waals surface area contributed by atoms with Gasteiger partial charge in [0, 0.05) is 76.4 Å². The molecule has 0 aliphatic carbocycles. The smallest absolute Gasteiger partial charge is 0.317 e. The molecular formula is C85H107ClN16O19. The second-order valence-corrected chi connectivity index (χ2v) is 30.9. The van der Waals surface area contributed by atoms with Gasteiger partial charge in [-0.15, -0.1) is 0 Å². The molecule has 36 heteroatoms. The van der Waals surface area contributed by atoms with Crippen molar-refractivity contribution in [2.75, 3.05) is 59.1 Å². The lowest BCUT2D eigenvalue weighted by atomic mass is 9.97. The number of hydrogen-bond donors (Lipinski definition) is 17. The van der Waals surface area contributed by atoms with Crippen molar-refractivity contribution in [3.63, 3.8) is 0 Å². The Hall–Kier alpha value is -12.4. The molecule has 8 rings (SSSR count). The van der Waals surface area contributed by atoms with Gasteiger partial charge in [-0.1, -0.05) is 159 Å². The zero-order valence-corrected chi connectivity index (χ0v) is 68.3. The number of nitrogens with two attached hydrogens (primary N) is 2. The van der Waals surface area contributed by atoms with E-state index in [0.717, 1.165) is 16.3 Å².